The SMILES string of the molecule is C=CCC1(CN(C)C)CCC(=Cc2ccc(Cl)cc2)C1=O. The topological polar surface area (TPSA) is 20.3 Å². The van der Waals surface area contributed by atoms with Crippen molar-refractivity contribution < 1.29 is 4.79 Å². The van der Waals surface area contributed by atoms with Gasteiger partial charge in [-0.2, -0.15) is 0 Å². The molecule has 0 amide bonds. The Morgan fingerprint density at radius 3 is 2.57 bits per heavy atom. The minimum absolute atomic E-state index is 0.269. The highest BCUT2D eigenvalue weighted by Crippen LogP contribution is 2.42. The lowest BCUT2D eigenvalue weighted by molar-refractivity contribution is -0.123. The largest absolute Gasteiger partial charge is 0.308 e. The van der Waals surface area contributed by atoms with Gasteiger partial charge in [0, 0.05) is 17.0 Å². The van der Waals surface area contributed by atoms with Crippen LogP contribution in [0.25, 0.3) is 6.08 Å². The Bertz CT molecular complexity index is 559. The lowest BCUT2D eigenvalue weighted by atomic mass is 9.81. The first-order valence-corrected chi connectivity index (χ1v) is 7.61. The second-order valence-electron chi connectivity index (χ2n) is 6.06. The fourth-order valence-electron chi connectivity index (χ4n) is 3.13. The molecular formula is C18H22ClNO. The molecule has 1 saturated carbocycles. The van der Waals surface area contributed by atoms with Crippen molar-refractivity contribution in [2.24, 2.45) is 5.41 Å². The molecule has 0 aliphatic heterocycles. The highest BCUT2D eigenvalue weighted by molar-refractivity contribution is 6.30. The number of rotatable bonds is 5. The lowest BCUT2D eigenvalue weighted by Gasteiger charge is -2.29. The Morgan fingerprint density at radius 1 is 1.33 bits per heavy atom. The first-order chi connectivity index (χ1) is 9.97. The molecule has 1 fully saturated rings. The van der Waals surface area contributed by atoms with Gasteiger partial charge >= 0.3 is 0 Å². The number of hydrogen-bond acceptors (Lipinski definition) is 2. The van der Waals surface area contributed by atoms with E-state index in [1.54, 1.807) is 0 Å². The molecule has 21 heavy (non-hydrogen) atoms. The number of ketones is 1. The van der Waals surface area contributed by atoms with Gasteiger partial charge in [0.05, 0.1) is 0 Å². The second-order valence-corrected chi connectivity index (χ2v) is 6.50. The molecule has 0 bridgehead atoms. The number of halogens is 1. The van der Waals surface area contributed by atoms with Crippen LogP contribution >= 0.6 is 11.6 Å². The highest BCUT2D eigenvalue weighted by Gasteiger charge is 2.43. The molecule has 1 aliphatic rings. The normalized spacial score (nSPS) is 24.0. The third kappa shape index (κ3) is 3.63. The van der Waals surface area contributed by atoms with Crippen LogP contribution in [0.15, 0.2) is 42.5 Å². The fraction of sp³-hybridized carbons (Fsp3) is 0.389. The number of allylic oxidation sites excluding steroid dienone is 2. The molecular weight excluding hydrogens is 282 g/mol. The third-order valence-corrected chi connectivity index (χ3v) is 4.26. The smallest absolute Gasteiger partial charge is 0.166 e. The van der Waals surface area contributed by atoms with Crippen LogP contribution in [-0.4, -0.2) is 31.3 Å². The summed E-state index contributed by atoms with van der Waals surface area (Å²) in [4.78, 5) is 14.9. The van der Waals surface area contributed by atoms with E-state index in [1.807, 2.05) is 50.5 Å². The zero-order valence-corrected chi connectivity index (χ0v) is 13.5. The first kappa shape index (κ1) is 16.0. The summed E-state index contributed by atoms with van der Waals surface area (Å²) in [7, 11) is 4.03. The van der Waals surface area contributed by atoms with Crippen molar-refractivity contribution in [1.29, 1.82) is 0 Å². The van der Waals surface area contributed by atoms with Crippen molar-refractivity contribution in [3.8, 4) is 0 Å². The summed E-state index contributed by atoms with van der Waals surface area (Å²) in [5.41, 5.74) is 1.65. The van der Waals surface area contributed by atoms with E-state index in [9.17, 15) is 4.79 Å². The van der Waals surface area contributed by atoms with Crippen LogP contribution < -0.4 is 0 Å². The van der Waals surface area contributed by atoms with Gasteiger partial charge < -0.3 is 4.90 Å². The Morgan fingerprint density at radius 2 is 2.00 bits per heavy atom. The zero-order chi connectivity index (χ0) is 15.5. The predicted molar refractivity (Wildman–Crippen MR) is 89.5 cm³/mol. The molecule has 1 unspecified atom stereocenters. The van der Waals surface area contributed by atoms with E-state index in [0.29, 0.717) is 5.02 Å². The number of carbonyl (C=O) groups is 1. The predicted octanol–water partition coefficient (Wildman–Crippen LogP) is 4.21. The van der Waals surface area contributed by atoms with E-state index in [-0.39, 0.29) is 11.2 Å². The quantitative estimate of drug-likeness (QED) is 0.600. The summed E-state index contributed by atoms with van der Waals surface area (Å²) in [6.07, 6.45) is 6.34. The third-order valence-electron chi connectivity index (χ3n) is 4.01. The number of nitrogens with zero attached hydrogens (tertiary/aromatic N) is 1. The van der Waals surface area contributed by atoms with Gasteiger partial charge in [0.15, 0.2) is 5.78 Å². The molecule has 1 atom stereocenters. The summed E-state index contributed by atoms with van der Waals surface area (Å²) in [6, 6.07) is 7.60. The van der Waals surface area contributed by atoms with E-state index in [0.717, 1.165) is 36.9 Å². The molecule has 2 nitrogen and oxygen atoms in total. The summed E-state index contributed by atoms with van der Waals surface area (Å²) in [6.45, 7) is 4.60. The molecule has 1 aromatic carbocycles. The maximum atomic E-state index is 12.9. The van der Waals surface area contributed by atoms with Crippen molar-refractivity contribution in [1.82, 2.24) is 4.90 Å². The molecule has 0 radical (unpaired) electrons. The van der Waals surface area contributed by atoms with Gasteiger partial charge in [-0.25, -0.2) is 0 Å². The monoisotopic (exact) mass is 303 g/mol. The lowest BCUT2D eigenvalue weighted by Crippen LogP contribution is -2.37. The highest BCUT2D eigenvalue weighted by atomic mass is 35.5. The number of benzene rings is 1. The van der Waals surface area contributed by atoms with E-state index >= 15 is 0 Å². The van der Waals surface area contributed by atoms with Gasteiger partial charge in [0.25, 0.3) is 0 Å². The molecule has 1 aliphatic carbocycles. The van der Waals surface area contributed by atoms with Crippen LogP contribution in [0, 0.1) is 5.41 Å². The number of hydrogen-bond donors (Lipinski definition) is 0. The fourth-order valence-corrected chi connectivity index (χ4v) is 3.26. The molecule has 112 valence electrons. The Balaban J connectivity index is 2.26. The standard InChI is InChI=1S/C18H22ClNO/c1-4-10-18(13-20(2)3)11-9-15(17(18)21)12-14-5-7-16(19)8-6-14/h4-8,12H,1,9-11,13H2,2-3H3. The van der Waals surface area contributed by atoms with Crippen LogP contribution in [0.1, 0.15) is 24.8 Å². The maximum Gasteiger partial charge on any atom is 0.166 e. The van der Waals surface area contributed by atoms with Crippen molar-refractivity contribution >= 4 is 23.5 Å². The van der Waals surface area contributed by atoms with Gasteiger partial charge in [-0.3, -0.25) is 4.79 Å². The molecule has 0 N–H and O–H groups in total. The van der Waals surface area contributed by atoms with Gasteiger partial charge in [0.1, 0.15) is 0 Å². The molecule has 0 aromatic heterocycles. The minimum atomic E-state index is -0.302. The molecule has 0 saturated heterocycles. The van der Waals surface area contributed by atoms with Gasteiger partial charge in [0.2, 0.25) is 0 Å². The van der Waals surface area contributed by atoms with E-state index < -0.39 is 0 Å². The second kappa shape index (κ2) is 6.59. The van der Waals surface area contributed by atoms with Crippen molar-refractivity contribution in [2.45, 2.75) is 19.3 Å². The average Bonchev–Trinajstić information content (AvgIpc) is 2.71. The summed E-state index contributed by atoms with van der Waals surface area (Å²) in [5, 5.41) is 0.712. The molecule has 0 spiro atoms. The summed E-state index contributed by atoms with van der Waals surface area (Å²) in [5.74, 6) is 0.269. The van der Waals surface area contributed by atoms with Crippen molar-refractivity contribution in [3.63, 3.8) is 0 Å². The zero-order valence-electron chi connectivity index (χ0n) is 12.7. The van der Waals surface area contributed by atoms with Crippen LogP contribution in [0.3, 0.4) is 0 Å². The van der Waals surface area contributed by atoms with E-state index in [4.69, 9.17) is 11.6 Å². The molecule has 1 aromatic rings. The Hall–Kier alpha value is -1.38. The summed E-state index contributed by atoms with van der Waals surface area (Å²) >= 11 is 5.90. The first-order valence-electron chi connectivity index (χ1n) is 7.23. The Kier molecular flexibility index (Phi) is 5.02. The average molecular weight is 304 g/mol. The van der Waals surface area contributed by atoms with Gasteiger partial charge in [-0.05, 0) is 62.7 Å². The van der Waals surface area contributed by atoms with Crippen LogP contribution in [0.2, 0.25) is 5.02 Å². The van der Waals surface area contributed by atoms with Crippen LogP contribution in [0.5, 0.6) is 0 Å². The van der Waals surface area contributed by atoms with Gasteiger partial charge in [-0.1, -0.05) is 29.8 Å². The minimum Gasteiger partial charge on any atom is -0.308 e. The number of carbonyl (C=O) groups excluding carboxylic acids is 1. The number of Topliss-reactive ketones (excluding diaryl/α,β-unsaturated/α-hetero) is 1. The van der Waals surface area contributed by atoms with Crippen LogP contribution in [-0.2, 0) is 4.79 Å². The molecule has 3 heteroatoms. The van der Waals surface area contributed by atoms with Crippen molar-refractivity contribution in [2.75, 3.05) is 20.6 Å². The van der Waals surface area contributed by atoms with E-state index in [2.05, 4.69) is 11.5 Å². The van der Waals surface area contributed by atoms with E-state index in [1.165, 1.54) is 0 Å². The van der Waals surface area contributed by atoms with Crippen LogP contribution in [0.4, 0.5) is 0 Å². The summed E-state index contributed by atoms with van der Waals surface area (Å²) < 4.78 is 0. The Labute approximate surface area is 132 Å². The maximum absolute atomic E-state index is 12.9. The molecule has 2 rings (SSSR count). The molecule has 0 heterocycles. The van der Waals surface area contributed by atoms with Crippen molar-refractivity contribution in [3.05, 3.63) is 53.1 Å². The van der Waals surface area contributed by atoms with Gasteiger partial charge in [-0.15, -0.1) is 6.58 Å².